The van der Waals surface area contributed by atoms with Crippen LogP contribution in [0.2, 0.25) is 15.1 Å². The van der Waals surface area contributed by atoms with Crippen LogP contribution in [0.4, 0.5) is 0 Å². The summed E-state index contributed by atoms with van der Waals surface area (Å²) < 4.78 is 0. The molecule has 8 heteroatoms. The molecule has 0 aliphatic carbocycles. The lowest BCUT2D eigenvalue weighted by Crippen LogP contribution is -2.40. The van der Waals surface area contributed by atoms with Crippen molar-refractivity contribution in [1.29, 1.82) is 0 Å². The Labute approximate surface area is 131 Å². The van der Waals surface area contributed by atoms with Gasteiger partial charge in [-0.05, 0) is 13.3 Å². The van der Waals surface area contributed by atoms with Crippen molar-refractivity contribution in [3.05, 3.63) is 27.0 Å². The Kier molecular flexibility index (Phi) is 5.62. The molecule has 1 unspecified atom stereocenters. The number of amides is 1. The van der Waals surface area contributed by atoms with Gasteiger partial charge in [-0.2, -0.15) is 0 Å². The van der Waals surface area contributed by atoms with E-state index in [1.807, 2.05) is 0 Å². The van der Waals surface area contributed by atoms with Gasteiger partial charge in [0.15, 0.2) is 0 Å². The van der Waals surface area contributed by atoms with E-state index in [4.69, 9.17) is 39.9 Å². The van der Waals surface area contributed by atoms with Crippen molar-refractivity contribution < 1.29 is 14.7 Å². The first-order valence-electron chi connectivity index (χ1n) is 5.74. The van der Waals surface area contributed by atoms with E-state index in [2.05, 4.69) is 10.3 Å². The quantitative estimate of drug-likeness (QED) is 0.863. The zero-order chi connectivity index (χ0) is 15.5. The highest BCUT2D eigenvalue weighted by Crippen LogP contribution is 2.31. The highest BCUT2D eigenvalue weighted by molar-refractivity contribution is 6.48. The lowest BCUT2D eigenvalue weighted by atomic mass is 9.88. The minimum atomic E-state index is -1.06. The standard InChI is InChI=1S/C12H13Cl3N2O3/c1-3-12(2,11(19)20)5-17-10(18)9-8(15)7(14)6(13)4-16-9/h4H,3,5H2,1-2H3,(H,17,18)(H,19,20). The third-order valence-corrected chi connectivity index (χ3v) is 4.31. The Balaban J connectivity index is 2.88. The van der Waals surface area contributed by atoms with Crippen LogP contribution in [0.5, 0.6) is 0 Å². The van der Waals surface area contributed by atoms with Gasteiger partial charge in [0, 0.05) is 12.7 Å². The van der Waals surface area contributed by atoms with Crippen molar-refractivity contribution in [2.75, 3.05) is 6.54 Å². The van der Waals surface area contributed by atoms with E-state index in [9.17, 15) is 9.59 Å². The molecule has 1 atom stereocenters. The number of halogens is 3. The number of nitrogens with zero attached hydrogens (tertiary/aromatic N) is 1. The second-order valence-corrected chi connectivity index (χ2v) is 5.65. The van der Waals surface area contributed by atoms with Crippen molar-refractivity contribution in [2.24, 2.45) is 5.41 Å². The molecule has 0 spiro atoms. The molecule has 0 saturated carbocycles. The number of carbonyl (C=O) groups is 2. The number of carbonyl (C=O) groups excluding carboxylic acids is 1. The molecule has 1 heterocycles. The van der Waals surface area contributed by atoms with E-state index >= 15 is 0 Å². The Bertz CT molecular complexity index is 551. The summed E-state index contributed by atoms with van der Waals surface area (Å²) in [6.45, 7) is 3.22. The molecule has 20 heavy (non-hydrogen) atoms. The highest BCUT2D eigenvalue weighted by atomic mass is 35.5. The van der Waals surface area contributed by atoms with Crippen LogP contribution in [-0.4, -0.2) is 28.5 Å². The molecule has 2 N–H and O–H groups in total. The zero-order valence-corrected chi connectivity index (χ0v) is 13.1. The molecule has 0 saturated heterocycles. The smallest absolute Gasteiger partial charge is 0.311 e. The van der Waals surface area contributed by atoms with Crippen LogP contribution in [0, 0.1) is 5.41 Å². The molecule has 110 valence electrons. The second-order valence-electron chi connectivity index (χ2n) is 4.48. The fraction of sp³-hybridized carbons (Fsp3) is 0.417. The lowest BCUT2D eigenvalue weighted by Gasteiger charge is -2.23. The number of hydrogen-bond donors (Lipinski definition) is 2. The van der Waals surface area contributed by atoms with Crippen molar-refractivity contribution in [3.63, 3.8) is 0 Å². The molecular formula is C12H13Cl3N2O3. The first-order chi connectivity index (χ1) is 9.23. The van der Waals surface area contributed by atoms with E-state index in [0.29, 0.717) is 6.42 Å². The number of carboxylic acids is 1. The average molecular weight is 340 g/mol. The third kappa shape index (κ3) is 3.53. The van der Waals surface area contributed by atoms with Crippen molar-refractivity contribution in [2.45, 2.75) is 20.3 Å². The largest absolute Gasteiger partial charge is 0.481 e. The van der Waals surface area contributed by atoms with Crippen LogP contribution in [0.3, 0.4) is 0 Å². The van der Waals surface area contributed by atoms with Gasteiger partial charge < -0.3 is 10.4 Å². The second kappa shape index (κ2) is 6.61. The van der Waals surface area contributed by atoms with Gasteiger partial charge in [0.25, 0.3) is 5.91 Å². The topological polar surface area (TPSA) is 79.3 Å². The Morgan fingerprint density at radius 3 is 2.45 bits per heavy atom. The first kappa shape index (κ1) is 17.0. The summed E-state index contributed by atoms with van der Waals surface area (Å²) in [5.74, 6) is -1.59. The van der Waals surface area contributed by atoms with Gasteiger partial charge in [0.05, 0.1) is 20.5 Å². The molecule has 1 aromatic rings. The van der Waals surface area contributed by atoms with Gasteiger partial charge in [0.1, 0.15) is 5.69 Å². The monoisotopic (exact) mass is 338 g/mol. The fourth-order valence-corrected chi connectivity index (χ4v) is 1.88. The van der Waals surface area contributed by atoms with Gasteiger partial charge in [0.2, 0.25) is 0 Å². The van der Waals surface area contributed by atoms with Crippen molar-refractivity contribution >= 4 is 46.7 Å². The lowest BCUT2D eigenvalue weighted by molar-refractivity contribution is -0.147. The highest BCUT2D eigenvalue weighted by Gasteiger charge is 2.32. The molecular weight excluding hydrogens is 327 g/mol. The van der Waals surface area contributed by atoms with Crippen LogP contribution in [-0.2, 0) is 4.79 Å². The maximum absolute atomic E-state index is 12.0. The molecule has 0 radical (unpaired) electrons. The van der Waals surface area contributed by atoms with Gasteiger partial charge in [-0.3, -0.25) is 9.59 Å². The number of carboxylic acid groups (broad SMARTS) is 1. The Morgan fingerprint density at radius 1 is 1.35 bits per heavy atom. The predicted molar refractivity (Wildman–Crippen MR) is 77.6 cm³/mol. The molecule has 1 aromatic heterocycles. The maximum atomic E-state index is 12.0. The number of aliphatic carboxylic acids is 1. The minimum Gasteiger partial charge on any atom is -0.481 e. The fourth-order valence-electron chi connectivity index (χ4n) is 1.31. The first-order valence-corrected chi connectivity index (χ1v) is 6.87. The number of nitrogens with one attached hydrogen (secondary N) is 1. The molecule has 0 aliphatic rings. The molecule has 1 rings (SSSR count). The van der Waals surface area contributed by atoms with Crippen molar-refractivity contribution in [1.82, 2.24) is 10.3 Å². The zero-order valence-electron chi connectivity index (χ0n) is 10.8. The van der Waals surface area contributed by atoms with Crippen LogP contribution >= 0.6 is 34.8 Å². The SMILES string of the molecule is CCC(C)(CNC(=O)c1ncc(Cl)c(Cl)c1Cl)C(=O)O. The molecule has 0 fully saturated rings. The predicted octanol–water partition coefficient (Wildman–Crippen LogP) is 3.27. The van der Waals surface area contributed by atoms with E-state index in [0.717, 1.165) is 0 Å². The van der Waals surface area contributed by atoms with Gasteiger partial charge >= 0.3 is 5.97 Å². The van der Waals surface area contributed by atoms with Crippen LogP contribution in [0.25, 0.3) is 0 Å². The number of rotatable bonds is 5. The van der Waals surface area contributed by atoms with E-state index in [1.54, 1.807) is 13.8 Å². The average Bonchev–Trinajstić information content (AvgIpc) is 2.41. The van der Waals surface area contributed by atoms with Crippen LogP contribution < -0.4 is 5.32 Å². The molecule has 0 aromatic carbocycles. The summed E-state index contributed by atoms with van der Waals surface area (Å²) >= 11 is 17.4. The third-order valence-electron chi connectivity index (χ3n) is 3.07. The number of aromatic nitrogens is 1. The minimum absolute atomic E-state index is 0.0324. The molecule has 0 aliphatic heterocycles. The van der Waals surface area contributed by atoms with Crippen LogP contribution in [0.1, 0.15) is 30.8 Å². The van der Waals surface area contributed by atoms with Crippen molar-refractivity contribution in [3.8, 4) is 0 Å². The molecule has 5 nitrogen and oxygen atoms in total. The van der Waals surface area contributed by atoms with E-state index in [1.165, 1.54) is 6.20 Å². The normalized spacial score (nSPS) is 13.7. The summed E-state index contributed by atoms with van der Waals surface area (Å²) in [7, 11) is 0. The number of pyridine rings is 1. The molecule has 1 amide bonds. The summed E-state index contributed by atoms with van der Waals surface area (Å²) in [5, 5.41) is 11.7. The van der Waals surface area contributed by atoms with Gasteiger partial charge in [-0.1, -0.05) is 41.7 Å². The number of hydrogen-bond acceptors (Lipinski definition) is 3. The summed E-state index contributed by atoms with van der Waals surface area (Å²) in [6.07, 6.45) is 1.58. The van der Waals surface area contributed by atoms with E-state index < -0.39 is 17.3 Å². The summed E-state index contributed by atoms with van der Waals surface area (Å²) in [4.78, 5) is 26.9. The summed E-state index contributed by atoms with van der Waals surface area (Å²) in [6, 6.07) is 0. The van der Waals surface area contributed by atoms with Gasteiger partial charge in [-0.15, -0.1) is 0 Å². The summed E-state index contributed by atoms with van der Waals surface area (Å²) in [5.41, 5.74) is -1.15. The Morgan fingerprint density at radius 2 is 1.95 bits per heavy atom. The van der Waals surface area contributed by atoms with Crippen LogP contribution in [0.15, 0.2) is 6.20 Å². The van der Waals surface area contributed by atoms with E-state index in [-0.39, 0.29) is 27.3 Å². The Hall–Kier alpha value is -1.04. The maximum Gasteiger partial charge on any atom is 0.311 e. The molecule has 0 bridgehead atoms. The van der Waals surface area contributed by atoms with Gasteiger partial charge in [-0.25, -0.2) is 4.98 Å².